The molecule has 1 heterocycles. The highest BCUT2D eigenvalue weighted by Gasteiger charge is 2.16. The second-order valence-electron chi connectivity index (χ2n) is 4.93. The molecule has 1 aromatic heterocycles. The van der Waals surface area contributed by atoms with Gasteiger partial charge in [-0.05, 0) is 41.3 Å². The number of hydrogen-bond acceptors (Lipinski definition) is 3. The van der Waals surface area contributed by atoms with E-state index in [0.717, 1.165) is 15.6 Å². The number of nitrogens with one attached hydrogen (secondary N) is 1. The summed E-state index contributed by atoms with van der Waals surface area (Å²) in [5.74, 6) is -0.260. The predicted octanol–water partition coefficient (Wildman–Crippen LogP) is 4.10. The van der Waals surface area contributed by atoms with Crippen LogP contribution in [0.15, 0.2) is 53.9 Å². The zero-order valence-corrected chi connectivity index (χ0v) is 12.4. The van der Waals surface area contributed by atoms with E-state index >= 15 is 0 Å². The van der Waals surface area contributed by atoms with Crippen LogP contribution < -0.4 is 5.32 Å². The van der Waals surface area contributed by atoms with Gasteiger partial charge in [0.05, 0.1) is 11.6 Å². The van der Waals surface area contributed by atoms with E-state index in [-0.39, 0.29) is 17.7 Å². The van der Waals surface area contributed by atoms with E-state index in [1.54, 1.807) is 23.5 Å². The Morgan fingerprint density at radius 3 is 2.52 bits per heavy atom. The van der Waals surface area contributed by atoms with Crippen LogP contribution in [0.2, 0.25) is 0 Å². The maximum absolute atomic E-state index is 12.3. The van der Waals surface area contributed by atoms with Crippen molar-refractivity contribution in [3.8, 4) is 5.75 Å². The fraction of sp³-hybridized carbons (Fsp3) is 0.118. The number of carbonyl (C=O) groups excluding carboxylic acids is 1. The third-order valence-electron chi connectivity index (χ3n) is 3.43. The van der Waals surface area contributed by atoms with Crippen LogP contribution in [-0.2, 0) is 0 Å². The molecule has 3 nitrogen and oxygen atoms in total. The largest absolute Gasteiger partial charge is 0.507 e. The first-order valence-corrected chi connectivity index (χ1v) is 7.59. The van der Waals surface area contributed by atoms with Gasteiger partial charge in [0.1, 0.15) is 5.75 Å². The van der Waals surface area contributed by atoms with E-state index in [1.165, 1.54) is 0 Å². The fourth-order valence-electron chi connectivity index (χ4n) is 2.29. The van der Waals surface area contributed by atoms with Crippen LogP contribution in [0.3, 0.4) is 0 Å². The van der Waals surface area contributed by atoms with E-state index in [1.807, 2.05) is 48.7 Å². The van der Waals surface area contributed by atoms with Gasteiger partial charge in [-0.1, -0.05) is 30.3 Å². The van der Waals surface area contributed by atoms with E-state index in [2.05, 4.69) is 5.32 Å². The molecule has 1 atom stereocenters. The van der Waals surface area contributed by atoms with Gasteiger partial charge in [-0.25, -0.2) is 0 Å². The van der Waals surface area contributed by atoms with Crippen LogP contribution in [0.25, 0.3) is 10.8 Å². The van der Waals surface area contributed by atoms with Crippen molar-refractivity contribution < 1.29 is 9.90 Å². The zero-order valence-electron chi connectivity index (χ0n) is 11.5. The number of hydrogen-bond donors (Lipinski definition) is 2. The summed E-state index contributed by atoms with van der Waals surface area (Å²) < 4.78 is 0. The van der Waals surface area contributed by atoms with E-state index < -0.39 is 0 Å². The Kier molecular flexibility index (Phi) is 3.62. The molecule has 0 radical (unpaired) electrons. The molecular weight excluding hydrogens is 282 g/mol. The maximum Gasteiger partial charge on any atom is 0.255 e. The van der Waals surface area contributed by atoms with Crippen LogP contribution in [0.5, 0.6) is 5.75 Å². The highest BCUT2D eigenvalue weighted by molar-refractivity contribution is 7.10. The van der Waals surface area contributed by atoms with Gasteiger partial charge in [-0.2, -0.15) is 0 Å². The quantitative estimate of drug-likeness (QED) is 0.764. The topological polar surface area (TPSA) is 49.3 Å². The molecule has 3 rings (SSSR count). The molecular formula is C17H15NO2S. The van der Waals surface area contributed by atoms with Crippen LogP contribution in [0.4, 0.5) is 0 Å². The van der Waals surface area contributed by atoms with Gasteiger partial charge in [0, 0.05) is 4.88 Å². The minimum Gasteiger partial charge on any atom is -0.507 e. The number of thiophene rings is 1. The van der Waals surface area contributed by atoms with Crippen molar-refractivity contribution in [3.05, 3.63) is 64.4 Å². The average Bonchev–Trinajstić information content (AvgIpc) is 3.00. The van der Waals surface area contributed by atoms with Crippen molar-refractivity contribution in [2.75, 3.05) is 0 Å². The number of amides is 1. The molecule has 0 aliphatic heterocycles. The zero-order chi connectivity index (χ0) is 14.8. The van der Waals surface area contributed by atoms with Crippen molar-refractivity contribution in [2.45, 2.75) is 13.0 Å². The first kappa shape index (κ1) is 13.6. The van der Waals surface area contributed by atoms with Crippen molar-refractivity contribution in [1.29, 1.82) is 0 Å². The lowest BCUT2D eigenvalue weighted by Crippen LogP contribution is -2.26. The number of phenolic OH excluding ortho intramolecular Hbond substituents is 1. The van der Waals surface area contributed by atoms with Crippen LogP contribution in [-0.4, -0.2) is 11.0 Å². The Labute approximate surface area is 126 Å². The molecule has 3 aromatic rings. The summed E-state index contributed by atoms with van der Waals surface area (Å²) in [6, 6.07) is 14.9. The first-order chi connectivity index (χ1) is 10.1. The Morgan fingerprint density at radius 1 is 1.14 bits per heavy atom. The Morgan fingerprint density at radius 2 is 1.86 bits per heavy atom. The molecule has 0 aliphatic rings. The van der Waals surface area contributed by atoms with Gasteiger partial charge in [0.2, 0.25) is 0 Å². The summed E-state index contributed by atoms with van der Waals surface area (Å²) in [4.78, 5) is 13.4. The van der Waals surface area contributed by atoms with Crippen LogP contribution in [0, 0.1) is 0 Å². The summed E-state index contributed by atoms with van der Waals surface area (Å²) in [6.45, 7) is 1.93. The smallest absolute Gasteiger partial charge is 0.255 e. The molecule has 1 unspecified atom stereocenters. The van der Waals surface area contributed by atoms with Gasteiger partial charge in [0.25, 0.3) is 5.91 Å². The number of fused-ring (bicyclic) bond motifs is 1. The maximum atomic E-state index is 12.3. The number of carbonyl (C=O) groups is 1. The van der Waals surface area contributed by atoms with Gasteiger partial charge in [0.15, 0.2) is 0 Å². The number of benzene rings is 2. The molecule has 2 N–H and O–H groups in total. The molecule has 0 spiro atoms. The first-order valence-electron chi connectivity index (χ1n) is 6.71. The molecule has 0 saturated carbocycles. The van der Waals surface area contributed by atoms with E-state index in [0.29, 0.717) is 5.56 Å². The molecule has 4 heteroatoms. The molecule has 2 aromatic carbocycles. The van der Waals surface area contributed by atoms with Gasteiger partial charge in [-0.15, -0.1) is 11.3 Å². The lowest BCUT2D eigenvalue weighted by Gasteiger charge is -2.13. The summed E-state index contributed by atoms with van der Waals surface area (Å²) in [7, 11) is 0. The summed E-state index contributed by atoms with van der Waals surface area (Å²) in [5.41, 5.74) is 0.303. The highest BCUT2D eigenvalue weighted by Crippen LogP contribution is 2.26. The van der Waals surface area contributed by atoms with Gasteiger partial charge < -0.3 is 10.4 Å². The molecule has 106 valence electrons. The SMILES string of the molecule is CC(NC(=O)c1cc2ccccc2cc1O)c1cccs1. The van der Waals surface area contributed by atoms with Crippen molar-refractivity contribution in [1.82, 2.24) is 5.32 Å². The predicted molar refractivity (Wildman–Crippen MR) is 85.8 cm³/mol. The average molecular weight is 297 g/mol. The van der Waals surface area contributed by atoms with Crippen molar-refractivity contribution in [3.63, 3.8) is 0 Å². The van der Waals surface area contributed by atoms with Gasteiger partial charge in [-0.3, -0.25) is 4.79 Å². The second-order valence-corrected chi connectivity index (χ2v) is 5.91. The molecule has 1 amide bonds. The molecule has 0 aliphatic carbocycles. The number of aromatic hydroxyl groups is 1. The fourth-order valence-corrected chi connectivity index (χ4v) is 3.03. The van der Waals surface area contributed by atoms with Crippen molar-refractivity contribution >= 4 is 28.0 Å². The van der Waals surface area contributed by atoms with Crippen LogP contribution in [0.1, 0.15) is 28.2 Å². The standard InChI is InChI=1S/C17H15NO2S/c1-11(16-7-4-8-21-16)18-17(20)14-9-12-5-2-3-6-13(12)10-15(14)19/h2-11,19H,1H3,(H,18,20). The number of phenols is 1. The molecule has 0 fully saturated rings. The second kappa shape index (κ2) is 5.58. The Balaban J connectivity index is 1.89. The molecule has 21 heavy (non-hydrogen) atoms. The normalized spacial score (nSPS) is 12.2. The minimum absolute atomic E-state index is 0.00424. The Hall–Kier alpha value is -2.33. The van der Waals surface area contributed by atoms with Gasteiger partial charge >= 0.3 is 0 Å². The summed E-state index contributed by atoms with van der Waals surface area (Å²) in [5, 5.41) is 16.8. The summed E-state index contributed by atoms with van der Waals surface area (Å²) >= 11 is 1.60. The molecule has 0 saturated heterocycles. The summed E-state index contributed by atoms with van der Waals surface area (Å²) in [6.07, 6.45) is 0. The Bertz CT molecular complexity index is 781. The third kappa shape index (κ3) is 2.76. The van der Waals surface area contributed by atoms with E-state index in [9.17, 15) is 9.90 Å². The monoisotopic (exact) mass is 297 g/mol. The lowest BCUT2D eigenvalue weighted by atomic mass is 10.1. The van der Waals surface area contributed by atoms with Crippen LogP contribution >= 0.6 is 11.3 Å². The van der Waals surface area contributed by atoms with Crippen molar-refractivity contribution in [2.24, 2.45) is 0 Å². The highest BCUT2D eigenvalue weighted by atomic mass is 32.1. The third-order valence-corrected chi connectivity index (χ3v) is 4.48. The van der Waals surface area contributed by atoms with E-state index in [4.69, 9.17) is 0 Å². The lowest BCUT2D eigenvalue weighted by molar-refractivity contribution is 0.0938. The molecule has 0 bridgehead atoms. The number of rotatable bonds is 3. The minimum atomic E-state index is -0.265.